The zero-order chi connectivity index (χ0) is 72.1. The molecule has 0 aliphatic carbocycles. The summed E-state index contributed by atoms with van der Waals surface area (Å²) in [6.07, 6.45) is 2.50. The van der Waals surface area contributed by atoms with E-state index >= 15 is 0 Å². The zero-order valence-electron chi connectivity index (χ0n) is 59.3. The second-order valence-corrected chi connectivity index (χ2v) is 29.1. The maximum atomic E-state index is 12.9. The van der Waals surface area contributed by atoms with Crippen molar-refractivity contribution < 1.29 is 14.1 Å². The average molecular weight is 1500 g/mol. The van der Waals surface area contributed by atoms with Crippen molar-refractivity contribution >= 4 is 132 Å². The molecule has 5 aromatic heterocycles. The topological polar surface area (TPSA) is 127 Å². The number of nitrogens with zero attached hydrogens (tertiary/aromatic N) is 8. The molecule has 1 fully saturated rings. The first-order valence-corrected chi connectivity index (χ1v) is 37.3. The number of pyridine rings is 2. The number of benzene rings is 12. The van der Waals surface area contributed by atoms with Crippen molar-refractivity contribution in [2.45, 2.75) is 78.9 Å². The number of hydrogen-bond donors (Lipinski definition) is 1. The van der Waals surface area contributed by atoms with Crippen LogP contribution in [-0.4, -0.2) is 62.8 Å². The normalized spacial score (nSPS) is 13.2. The number of imidazole rings is 3. The van der Waals surface area contributed by atoms with Gasteiger partial charge < -0.3 is 14.6 Å². The van der Waals surface area contributed by atoms with Gasteiger partial charge in [0, 0.05) is 94.8 Å². The molecule has 1 aliphatic rings. The van der Waals surface area contributed by atoms with E-state index in [1.54, 1.807) is 6.07 Å². The van der Waals surface area contributed by atoms with Crippen LogP contribution in [0.5, 0.6) is 0 Å². The number of para-hydroxylation sites is 6. The fourth-order valence-electron chi connectivity index (χ4n) is 14.4. The molecular weight excluding hydrogens is 1430 g/mol. The Hall–Kier alpha value is -11.2. The van der Waals surface area contributed by atoms with E-state index in [9.17, 15) is 4.79 Å². The van der Waals surface area contributed by atoms with Gasteiger partial charge >= 0.3 is 7.12 Å². The van der Waals surface area contributed by atoms with Crippen LogP contribution in [-0.2, 0) is 28.6 Å². The van der Waals surface area contributed by atoms with Crippen molar-refractivity contribution in [2.24, 2.45) is 0 Å². The number of aryl methyl sites for hydroxylation is 3. The lowest BCUT2D eigenvalue weighted by Crippen LogP contribution is -2.41. The highest BCUT2D eigenvalue weighted by Crippen LogP contribution is 2.43. The molecule has 0 atom stereocenters. The standard InChI is InChI=1S/C34H32BN3O2.C28H22BrN3O.C28H20BrN3/c1-6-29-37-32-28(38(29)24-15-8-7-9-16-24)20-19-26-25-17-10-11-18-27(25)36-31(30(26)32)22-13-12-14-23(21-22)35-39-33(2,3)34(4,5)40-35;1-2-27-30-25-18-19(15-16-26(25)32(27)22-11-4-3-5-12-22)23-13-6-7-14-24(23)31-28(33)20-9-8-10-21(29)17-20;1-2-25-31-28-24(32(25)20-11-4-3-5-12-20)16-15-22-21-13-6-7-14-23(21)30-27(26(22)28)18-9-8-10-19(29)17-18/h7-21H,6H2,1-5H3;3-18H,2H2,1H3,(H,31,33);3-17H,2H2,1H3. The van der Waals surface area contributed by atoms with Gasteiger partial charge in [0.25, 0.3) is 5.91 Å². The summed E-state index contributed by atoms with van der Waals surface area (Å²) < 4.78 is 21.4. The van der Waals surface area contributed by atoms with E-state index in [1.165, 1.54) is 5.39 Å². The summed E-state index contributed by atoms with van der Waals surface area (Å²) in [5, 5.41) is 9.83. The summed E-state index contributed by atoms with van der Waals surface area (Å²) in [6, 6.07) is 95.1. The van der Waals surface area contributed by atoms with Gasteiger partial charge in [-0.2, -0.15) is 0 Å². The van der Waals surface area contributed by atoms with Gasteiger partial charge in [0.2, 0.25) is 0 Å². The SMILES string of the molecule is CCc1nc2c3c(-c4cccc(B5OC(C)(C)C(C)(C)O5)c4)nc4ccccc4c3ccc2n1-c1ccccc1.CCc1nc2c3c(-c4cccc(Br)c4)nc4ccccc4c3ccc2n1-c1ccccc1.CCc1nc2cc(-c3ccccc3NC(=O)c3cccc(Br)c3)ccc2n1-c1ccccc1. The van der Waals surface area contributed by atoms with E-state index in [4.69, 9.17) is 34.2 Å². The zero-order valence-corrected chi connectivity index (χ0v) is 62.5. The summed E-state index contributed by atoms with van der Waals surface area (Å²) in [5.74, 6) is 2.95. The largest absolute Gasteiger partial charge is 0.494 e. The van der Waals surface area contributed by atoms with Gasteiger partial charge in [-0.05, 0) is 159 Å². The van der Waals surface area contributed by atoms with Crippen LogP contribution in [0.15, 0.2) is 288 Å². The van der Waals surface area contributed by atoms with Gasteiger partial charge in [-0.3, -0.25) is 18.5 Å². The minimum Gasteiger partial charge on any atom is -0.399 e. The van der Waals surface area contributed by atoms with Crippen LogP contribution in [0, 0.1) is 0 Å². The first-order valence-electron chi connectivity index (χ1n) is 35.7. The van der Waals surface area contributed by atoms with Crippen molar-refractivity contribution in [3.8, 4) is 50.7 Å². The fraction of sp³-hybridized carbons (Fsp3) is 0.133. The fourth-order valence-corrected chi connectivity index (χ4v) is 15.2. The van der Waals surface area contributed by atoms with E-state index in [1.807, 2.05) is 91.0 Å². The molecular formula is C90H74BBr2N9O3. The molecule has 0 bridgehead atoms. The Kier molecular flexibility index (Phi) is 18.5. The number of halogens is 2. The van der Waals surface area contributed by atoms with Crippen LogP contribution in [0.25, 0.3) is 127 Å². The third-order valence-corrected chi connectivity index (χ3v) is 21.2. The van der Waals surface area contributed by atoms with Crippen LogP contribution < -0.4 is 10.8 Å². The minimum absolute atomic E-state index is 0.147. The Balaban J connectivity index is 0.000000122. The Bertz CT molecular complexity index is 6160. The average Bonchev–Trinajstić information content (AvgIpc) is 1.68. The molecule has 0 spiro atoms. The Morgan fingerprint density at radius 2 is 0.848 bits per heavy atom. The van der Waals surface area contributed by atoms with Crippen LogP contribution in [0.2, 0.25) is 0 Å². The quantitative estimate of drug-likeness (QED) is 0.0947. The molecule has 514 valence electrons. The maximum absolute atomic E-state index is 12.9. The number of carbonyl (C=O) groups excluding carboxylic acids is 1. The molecule has 0 radical (unpaired) electrons. The lowest BCUT2D eigenvalue weighted by atomic mass is 9.78. The lowest BCUT2D eigenvalue weighted by Gasteiger charge is -2.32. The van der Waals surface area contributed by atoms with Crippen LogP contribution in [0.1, 0.15) is 76.3 Å². The summed E-state index contributed by atoms with van der Waals surface area (Å²) in [7, 11) is -0.444. The lowest BCUT2D eigenvalue weighted by molar-refractivity contribution is 0.00578. The molecule has 17 aromatic rings. The van der Waals surface area contributed by atoms with E-state index in [-0.39, 0.29) is 5.91 Å². The Morgan fingerprint density at radius 1 is 0.400 bits per heavy atom. The number of anilines is 1. The van der Waals surface area contributed by atoms with E-state index in [2.05, 4.69) is 281 Å². The highest BCUT2D eigenvalue weighted by atomic mass is 79.9. The van der Waals surface area contributed by atoms with Crippen LogP contribution in [0.4, 0.5) is 5.69 Å². The molecule has 0 unspecified atom stereocenters. The molecule has 15 heteroatoms. The number of fused-ring (bicyclic) bond motifs is 11. The number of hydrogen-bond acceptors (Lipinski definition) is 8. The number of carbonyl (C=O) groups is 1. The molecule has 1 amide bonds. The Morgan fingerprint density at radius 3 is 1.37 bits per heavy atom. The van der Waals surface area contributed by atoms with Gasteiger partial charge in [-0.1, -0.05) is 222 Å². The predicted molar refractivity (Wildman–Crippen MR) is 439 cm³/mol. The molecule has 18 rings (SSSR count). The first kappa shape index (κ1) is 68.2. The highest BCUT2D eigenvalue weighted by molar-refractivity contribution is 9.10. The van der Waals surface area contributed by atoms with Crippen molar-refractivity contribution in [3.05, 3.63) is 311 Å². The smallest absolute Gasteiger partial charge is 0.399 e. The number of rotatable bonds is 12. The molecule has 1 N–H and O–H groups in total. The number of amides is 1. The third kappa shape index (κ3) is 12.9. The van der Waals surface area contributed by atoms with Crippen LogP contribution >= 0.6 is 31.9 Å². The van der Waals surface area contributed by atoms with Crippen molar-refractivity contribution in [2.75, 3.05) is 5.32 Å². The molecule has 1 saturated heterocycles. The van der Waals surface area contributed by atoms with Crippen molar-refractivity contribution in [1.29, 1.82) is 0 Å². The molecule has 105 heavy (non-hydrogen) atoms. The van der Waals surface area contributed by atoms with Crippen molar-refractivity contribution in [1.82, 2.24) is 38.6 Å². The van der Waals surface area contributed by atoms with E-state index in [0.29, 0.717) is 5.56 Å². The van der Waals surface area contributed by atoms with E-state index < -0.39 is 18.3 Å². The monoisotopic (exact) mass is 1500 g/mol. The Labute approximate surface area is 626 Å². The molecule has 6 heterocycles. The summed E-state index contributed by atoms with van der Waals surface area (Å²) in [5.41, 5.74) is 18.9. The molecule has 0 saturated carbocycles. The predicted octanol–water partition coefficient (Wildman–Crippen LogP) is 22.2. The summed E-state index contributed by atoms with van der Waals surface area (Å²) >= 11 is 7.06. The van der Waals surface area contributed by atoms with Crippen molar-refractivity contribution in [3.63, 3.8) is 0 Å². The number of nitrogens with one attached hydrogen (secondary N) is 1. The second-order valence-electron chi connectivity index (χ2n) is 27.3. The number of aromatic nitrogens is 8. The summed E-state index contributed by atoms with van der Waals surface area (Å²) in [4.78, 5) is 38.6. The molecule has 12 aromatic carbocycles. The van der Waals surface area contributed by atoms with Gasteiger partial charge in [0.15, 0.2) is 0 Å². The second kappa shape index (κ2) is 28.5. The van der Waals surface area contributed by atoms with Gasteiger partial charge in [-0.15, -0.1) is 0 Å². The highest BCUT2D eigenvalue weighted by Gasteiger charge is 2.51. The maximum Gasteiger partial charge on any atom is 0.494 e. The first-order chi connectivity index (χ1) is 51.1. The summed E-state index contributed by atoms with van der Waals surface area (Å²) in [6.45, 7) is 14.8. The van der Waals surface area contributed by atoms with Gasteiger partial charge in [-0.25, -0.2) is 24.9 Å². The third-order valence-electron chi connectivity index (χ3n) is 20.2. The van der Waals surface area contributed by atoms with Crippen LogP contribution in [0.3, 0.4) is 0 Å². The molecule has 12 nitrogen and oxygen atoms in total. The van der Waals surface area contributed by atoms with Gasteiger partial charge in [0.05, 0.1) is 66.7 Å². The van der Waals surface area contributed by atoms with E-state index in [0.717, 1.165) is 179 Å². The minimum atomic E-state index is -0.444. The van der Waals surface area contributed by atoms with Gasteiger partial charge in [0.1, 0.15) is 17.5 Å². The molecule has 1 aliphatic heterocycles.